The van der Waals surface area contributed by atoms with E-state index in [0.717, 1.165) is 31.6 Å². The molecule has 1 saturated heterocycles. The summed E-state index contributed by atoms with van der Waals surface area (Å²) in [5, 5.41) is 9.98. The van der Waals surface area contributed by atoms with Gasteiger partial charge in [0, 0.05) is 26.2 Å². The first-order chi connectivity index (χ1) is 13.5. The molecule has 4 heteroatoms. The number of piperidine rings is 1. The number of phenolic OH excluding ortho intramolecular Hbond substituents is 1. The number of methoxy groups -OCH3 is 1. The predicted molar refractivity (Wildman–Crippen MR) is 115 cm³/mol. The Bertz CT molecular complexity index is 762. The quantitative estimate of drug-likeness (QED) is 0.746. The molecule has 4 nitrogen and oxygen atoms in total. The van der Waals surface area contributed by atoms with Gasteiger partial charge in [0.05, 0.1) is 7.11 Å². The lowest BCUT2D eigenvalue weighted by Crippen LogP contribution is -2.40. The summed E-state index contributed by atoms with van der Waals surface area (Å²) in [6, 6.07) is 14.4. The maximum Gasteiger partial charge on any atom is 0.160 e. The van der Waals surface area contributed by atoms with Gasteiger partial charge in [0.2, 0.25) is 0 Å². The zero-order chi connectivity index (χ0) is 19.9. The van der Waals surface area contributed by atoms with Crippen molar-refractivity contribution in [2.75, 3.05) is 40.3 Å². The van der Waals surface area contributed by atoms with Gasteiger partial charge in [0.25, 0.3) is 0 Å². The number of likely N-dealkylation sites (tertiary alicyclic amines) is 1. The van der Waals surface area contributed by atoms with Crippen molar-refractivity contribution in [2.45, 2.75) is 32.7 Å². The summed E-state index contributed by atoms with van der Waals surface area (Å²) in [6.45, 7) is 7.70. The number of hydrogen-bond acceptors (Lipinski definition) is 4. The van der Waals surface area contributed by atoms with E-state index in [4.69, 9.17) is 4.74 Å². The maximum atomic E-state index is 9.98. The fourth-order valence-electron chi connectivity index (χ4n) is 4.32. The van der Waals surface area contributed by atoms with E-state index < -0.39 is 0 Å². The Morgan fingerprint density at radius 1 is 1.21 bits per heavy atom. The second kappa shape index (κ2) is 9.94. The third kappa shape index (κ3) is 5.73. The lowest BCUT2D eigenvalue weighted by atomic mass is 9.96. The molecular formula is C24H34N2O2. The third-order valence-corrected chi connectivity index (χ3v) is 5.83. The highest BCUT2D eigenvalue weighted by Gasteiger charge is 2.21. The highest BCUT2D eigenvalue weighted by molar-refractivity contribution is 5.41. The Balaban J connectivity index is 1.47. The highest BCUT2D eigenvalue weighted by Crippen LogP contribution is 2.27. The summed E-state index contributed by atoms with van der Waals surface area (Å²) in [5.74, 6) is 1.46. The van der Waals surface area contributed by atoms with E-state index >= 15 is 0 Å². The summed E-state index contributed by atoms with van der Waals surface area (Å²) in [6.07, 6.45) is 3.73. The first-order valence-corrected chi connectivity index (χ1v) is 10.4. The largest absolute Gasteiger partial charge is 0.504 e. The molecule has 2 aromatic carbocycles. The van der Waals surface area contributed by atoms with Crippen molar-refractivity contribution >= 4 is 0 Å². The molecule has 1 aliphatic rings. The first-order valence-electron chi connectivity index (χ1n) is 10.4. The smallest absolute Gasteiger partial charge is 0.160 e. The molecular weight excluding hydrogens is 348 g/mol. The van der Waals surface area contributed by atoms with Gasteiger partial charge in [-0.15, -0.1) is 0 Å². The van der Waals surface area contributed by atoms with E-state index in [9.17, 15) is 5.11 Å². The van der Waals surface area contributed by atoms with Crippen LogP contribution < -0.4 is 4.74 Å². The van der Waals surface area contributed by atoms with E-state index in [1.165, 1.54) is 37.1 Å². The molecule has 0 radical (unpaired) electrons. The monoisotopic (exact) mass is 382 g/mol. The molecule has 0 aromatic heterocycles. The van der Waals surface area contributed by atoms with Crippen LogP contribution in [0.3, 0.4) is 0 Å². The molecule has 1 fully saturated rings. The molecule has 0 spiro atoms. The zero-order valence-electron chi connectivity index (χ0n) is 17.5. The van der Waals surface area contributed by atoms with Crippen molar-refractivity contribution in [2.24, 2.45) is 5.92 Å². The minimum atomic E-state index is 0.216. The minimum absolute atomic E-state index is 0.216. The van der Waals surface area contributed by atoms with E-state index in [1.807, 2.05) is 18.2 Å². The molecule has 2 aromatic rings. The number of phenols is 1. The Kier molecular flexibility index (Phi) is 7.35. The second-order valence-corrected chi connectivity index (χ2v) is 8.19. The van der Waals surface area contributed by atoms with Crippen LogP contribution in [0.5, 0.6) is 11.5 Å². The zero-order valence-corrected chi connectivity index (χ0v) is 17.5. The predicted octanol–water partition coefficient (Wildman–Crippen LogP) is 4.10. The van der Waals surface area contributed by atoms with Crippen LogP contribution >= 0.6 is 0 Å². The first kappa shape index (κ1) is 20.7. The van der Waals surface area contributed by atoms with Crippen molar-refractivity contribution in [1.82, 2.24) is 9.80 Å². The minimum Gasteiger partial charge on any atom is -0.504 e. The van der Waals surface area contributed by atoms with E-state index in [0.29, 0.717) is 11.7 Å². The molecule has 1 aliphatic heterocycles. The Hall–Kier alpha value is -2.04. The summed E-state index contributed by atoms with van der Waals surface area (Å²) >= 11 is 0. The standard InChI is InChI=1S/C24H34N2O2/c1-19-7-4-5-9-22(19)12-14-26-13-6-8-21(18-26)17-25(2)16-20-10-11-24(28-3)23(27)15-20/h4-5,7,9-11,15,21,27H,6,8,12-14,16-18H2,1-3H3/t21-/m1/s1. The molecule has 1 heterocycles. The van der Waals surface area contributed by atoms with E-state index in [1.54, 1.807) is 7.11 Å². The van der Waals surface area contributed by atoms with Crippen LogP contribution in [0, 0.1) is 12.8 Å². The van der Waals surface area contributed by atoms with Crippen molar-refractivity contribution in [3.63, 3.8) is 0 Å². The Labute approximate surface area is 169 Å². The van der Waals surface area contributed by atoms with E-state index in [-0.39, 0.29) is 5.75 Å². The van der Waals surface area contributed by atoms with Crippen LogP contribution in [0.15, 0.2) is 42.5 Å². The lowest BCUT2D eigenvalue weighted by Gasteiger charge is -2.35. The van der Waals surface area contributed by atoms with Crippen LogP contribution in [-0.2, 0) is 13.0 Å². The number of rotatable bonds is 8. The molecule has 3 rings (SSSR count). The third-order valence-electron chi connectivity index (χ3n) is 5.83. The number of aromatic hydroxyl groups is 1. The Morgan fingerprint density at radius 2 is 2.04 bits per heavy atom. The van der Waals surface area contributed by atoms with Gasteiger partial charge in [0.15, 0.2) is 11.5 Å². The number of aryl methyl sites for hydroxylation is 1. The summed E-state index contributed by atoms with van der Waals surface area (Å²) < 4.78 is 5.13. The summed E-state index contributed by atoms with van der Waals surface area (Å²) in [7, 11) is 3.75. The normalized spacial score (nSPS) is 17.8. The molecule has 0 aliphatic carbocycles. The number of ether oxygens (including phenoxy) is 1. The topological polar surface area (TPSA) is 35.9 Å². The van der Waals surface area contributed by atoms with Gasteiger partial charge in [-0.3, -0.25) is 0 Å². The van der Waals surface area contributed by atoms with Crippen molar-refractivity contribution in [3.8, 4) is 11.5 Å². The van der Waals surface area contributed by atoms with Gasteiger partial charge in [-0.05, 0) is 74.5 Å². The highest BCUT2D eigenvalue weighted by atomic mass is 16.5. The van der Waals surface area contributed by atoms with Gasteiger partial charge in [-0.1, -0.05) is 30.3 Å². The van der Waals surface area contributed by atoms with Crippen LogP contribution in [0.1, 0.15) is 29.5 Å². The SMILES string of the molecule is COc1ccc(CN(C)C[C@H]2CCCN(CCc3ccccc3C)C2)cc1O. The van der Waals surface area contributed by atoms with Crippen LogP contribution in [0.4, 0.5) is 0 Å². The fourth-order valence-corrected chi connectivity index (χ4v) is 4.32. The van der Waals surface area contributed by atoms with Gasteiger partial charge in [-0.25, -0.2) is 0 Å². The molecule has 0 saturated carbocycles. The molecule has 1 N–H and O–H groups in total. The van der Waals surface area contributed by atoms with E-state index in [2.05, 4.69) is 48.0 Å². The van der Waals surface area contributed by atoms with Crippen LogP contribution in [0.25, 0.3) is 0 Å². The average Bonchev–Trinajstić information content (AvgIpc) is 2.68. The van der Waals surface area contributed by atoms with Gasteiger partial charge < -0.3 is 19.6 Å². The van der Waals surface area contributed by atoms with Gasteiger partial charge in [-0.2, -0.15) is 0 Å². The molecule has 0 amide bonds. The van der Waals surface area contributed by atoms with Crippen molar-refractivity contribution in [3.05, 3.63) is 59.2 Å². The molecule has 0 bridgehead atoms. The molecule has 152 valence electrons. The van der Waals surface area contributed by atoms with Gasteiger partial charge in [0.1, 0.15) is 0 Å². The van der Waals surface area contributed by atoms with Crippen LogP contribution in [-0.4, -0.2) is 55.2 Å². The Morgan fingerprint density at radius 3 is 2.79 bits per heavy atom. The molecule has 28 heavy (non-hydrogen) atoms. The average molecular weight is 383 g/mol. The summed E-state index contributed by atoms with van der Waals surface area (Å²) in [4.78, 5) is 5.00. The molecule has 0 unspecified atom stereocenters. The van der Waals surface area contributed by atoms with Gasteiger partial charge >= 0.3 is 0 Å². The lowest BCUT2D eigenvalue weighted by molar-refractivity contribution is 0.142. The molecule has 1 atom stereocenters. The number of hydrogen-bond donors (Lipinski definition) is 1. The fraction of sp³-hybridized carbons (Fsp3) is 0.500. The van der Waals surface area contributed by atoms with Crippen molar-refractivity contribution in [1.29, 1.82) is 0 Å². The second-order valence-electron chi connectivity index (χ2n) is 8.19. The number of nitrogens with zero attached hydrogens (tertiary/aromatic N) is 2. The number of benzene rings is 2. The maximum absolute atomic E-state index is 9.98. The van der Waals surface area contributed by atoms with Crippen molar-refractivity contribution < 1.29 is 9.84 Å². The van der Waals surface area contributed by atoms with Crippen LogP contribution in [0.2, 0.25) is 0 Å². The summed E-state index contributed by atoms with van der Waals surface area (Å²) in [5.41, 5.74) is 3.99.